The largest absolute Gasteiger partial charge is 0.461 e. The lowest BCUT2D eigenvalue weighted by Gasteiger charge is -2.19. The number of rotatable bonds is 10. The van der Waals surface area contributed by atoms with Crippen LogP contribution in [-0.4, -0.2) is 52.4 Å². The highest BCUT2D eigenvalue weighted by Gasteiger charge is 2.25. The van der Waals surface area contributed by atoms with Crippen LogP contribution < -0.4 is 0 Å². The molecule has 0 N–H and O–H groups in total. The Bertz CT molecular complexity index is 576. The number of hydrogen-bond donors (Lipinski definition) is 0. The van der Waals surface area contributed by atoms with Crippen LogP contribution in [0.2, 0.25) is 0 Å². The van der Waals surface area contributed by atoms with E-state index < -0.39 is 5.92 Å². The van der Waals surface area contributed by atoms with E-state index in [0.29, 0.717) is 6.42 Å². The number of ketones is 2. The van der Waals surface area contributed by atoms with Gasteiger partial charge in [0.25, 0.3) is 0 Å². The van der Waals surface area contributed by atoms with Crippen LogP contribution in [0, 0.1) is 5.92 Å². The van der Waals surface area contributed by atoms with Gasteiger partial charge in [0.05, 0.1) is 24.5 Å². The fraction of sp³-hybridized carbons (Fsp3) is 0.571. The lowest BCUT2D eigenvalue weighted by atomic mass is 9.95. The lowest BCUT2D eigenvalue weighted by molar-refractivity contribution is -0.149. The van der Waals surface area contributed by atoms with Gasteiger partial charge < -0.3 is 14.2 Å². The number of esters is 1. The number of carbonyl (C=O) groups excluding carboxylic acids is 3. The number of hydrogen-bond acceptors (Lipinski definition) is 6. The maximum Gasteiger partial charge on any atom is 0.306 e. The summed E-state index contributed by atoms with van der Waals surface area (Å²) in [7, 11) is 3.13. The van der Waals surface area contributed by atoms with Crippen LogP contribution in [0.5, 0.6) is 0 Å². The van der Waals surface area contributed by atoms with E-state index in [9.17, 15) is 14.4 Å². The van der Waals surface area contributed by atoms with Crippen LogP contribution in [0.25, 0.3) is 0 Å². The summed E-state index contributed by atoms with van der Waals surface area (Å²) in [6, 6.07) is 9.43. The molecule has 6 nitrogen and oxygen atoms in total. The van der Waals surface area contributed by atoms with Gasteiger partial charge in [-0.1, -0.05) is 30.3 Å². The standard InChI is InChI=1S/C15H20O4.C6H12O2.B/c1-11(16)14(12(2)18-3)9-15(17)19-10-13-7-5-4-6-8-13;1-5(7)4-6(2)8-3;/h4-8,12,14H,9-10H2,1-3H3;6H,4H2,1-3H3;. The molecule has 0 aliphatic heterocycles. The maximum atomic E-state index is 11.7. The van der Waals surface area contributed by atoms with Gasteiger partial charge in [-0.05, 0) is 33.3 Å². The molecule has 0 aliphatic carbocycles. The lowest BCUT2D eigenvalue weighted by Crippen LogP contribution is -2.29. The molecule has 0 aliphatic rings. The second kappa shape index (κ2) is 16.0. The topological polar surface area (TPSA) is 78.9 Å². The van der Waals surface area contributed by atoms with Gasteiger partial charge in [-0.2, -0.15) is 0 Å². The van der Waals surface area contributed by atoms with Gasteiger partial charge >= 0.3 is 5.97 Å². The molecule has 0 saturated carbocycles. The number of methoxy groups -OCH3 is 2. The van der Waals surface area contributed by atoms with Crippen LogP contribution in [-0.2, 0) is 35.2 Å². The molecule has 0 fully saturated rings. The molecule has 7 heteroatoms. The molecule has 0 amide bonds. The van der Waals surface area contributed by atoms with Crippen molar-refractivity contribution in [2.75, 3.05) is 14.2 Å². The smallest absolute Gasteiger partial charge is 0.306 e. The van der Waals surface area contributed by atoms with E-state index in [0.717, 1.165) is 5.56 Å². The molecule has 1 aromatic rings. The highest BCUT2D eigenvalue weighted by molar-refractivity contribution is 5.84. The molecule has 0 aromatic heterocycles. The molecule has 28 heavy (non-hydrogen) atoms. The van der Waals surface area contributed by atoms with Crippen molar-refractivity contribution >= 4 is 25.9 Å². The van der Waals surface area contributed by atoms with E-state index in [2.05, 4.69) is 0 Å². The fourth-order valence-electron chi connectivity index (χ4n) is 2.27. The van der Waals surface area contributed by atoms with Gasteiger partial charge in [-0.3, -0.25) is 14.4 Å². The summed E-state index contributed by atoms with van der Waals surface area (Å²) in [6.45, 7) is 6.91. The first kappa shape index (κ1) is 28.2. The van der Waals surface area contributed by atoms with Gasteiger partial charge in [0.15, 0.2) is 0 Å². The minimum Gasteiger partial charge on any atom is -0.461 e. The van der Waals surface area contributed by atoms with E-state index >= 15 is 0 Å². The summed E-state index contributed by atoms with van der Waals surface area (Å²) in [5.74, 6) is -0.716. The average Bonchev–Trinajstić information content (AvgIpc) is 2.64. The SMILES string of the molecule is COC(C)C(CC(=O)OCc1ccccc1)C(C)=O.COC(C)CC(C)=O.[B]. The molecule has 3 radical (unpaired) electrons. The van der Waals surface area contributed by atoms with Crippen LogP contribution in [0.1, 0.15) is 46.1 Å². The molecule has 0 bridgehead atoms. The van der Waals surface area contributed by atoms with Crippen molar-refractivity contribution in [1.29, 1.82) is 0 Å². The number of Topliss-reactive ketones (excluding diaryl/α,β-unsaturated/α-hetero) is 2. The number of carbonyl (C=O) groups is 3. The zero-order chi connectivity index (χ0) is 20.8. The summed E-state index contributed by atoms with van der Waals surface area (Å²) < 4.78 is 15.1. The van der Waals surface area contributed by atoms with Gasteiger partial charge in [0.2, 0.25) is 0 Å². The van der Waals surface area contributed by atoms with Crippen molar-refractivity contribution in [3.05, 3.63) is 35.9 Å². The van der Waals surface area contributed by atoms with Crippen molar-refractivity contribution < 1.29 is 28.6 Å². The van der Waals surface area contributed by atoms with Crippen LogP contribution >= 0.6 is 0 Å². The highest BCUT2D eigenvalue weighted by atomic mass is 16.5. The van der Waals surface area contributed by atoms with Crippen molar-refractivity contribution in [2.45, 2.75) is 59.4 Å². The summed E-state index contributed by atoms with van der Waals surface area (Å²) in [6.07, 6.45) is 0.363. The molecule has 0 spiro atoms. The quantitative estimate of drug-likeness (QED) is 0.451. The molecule has 0 saturated heterocycles. The zero-order valence-corrected chi connectivity index (χ0v) is 17.8. The number of benzene rings is 1. The highest BCUT2D eigenvalue weighted by Crippen LogP contribution is 2.14. The average molecular weight is 391 g/mol. The van der Waals surface area contributed by atoms with Gasteiger partial charge in [0.1, 0.15) is 18.2 Å². The van der Waals surface area contributed by atoms with Crippen LogP contribution in [0.3, 0.4) is 0 Å². The summed E-state index contributed by atoms with van der Waals surface area (Å²) in [5.41, 5.74) is 0.926. The minimum absolute atomic E-state index is 0. The Balaban J connectivity index is 0. The van der Waals surface area contributed by atoms with E-state index in [4.69, 9.17) is 14.2 Å². The van der Waals surface area contributed by atoms with E-state index in [-0.39, 0.29) is 51.2 Å². The van der Waals surface area contributed by atoms with Gasteiger partial charge in [-0.15, -0.1) is 0 Å². The minimum atomic E-state index is -0.451. The Labute approximate surface area is 170 Å². The van der Waals surface area contributed by atoms with Crippen LogP contribution in [0.4, 0.5) is 0 Å². The molecule has 0 heterocycles. The first-order valence-corrected chi connectivity index (χ1v) is 8.96. The Kier molecular flexibility index (Phi) is 16.1. The van der Waals surface area contributed by atoms with Crippen molar-refractivity contribution in [2.24, 2.45) is 5.92 Å². The molecule has 1 rings (SSSR count). The van der Waals surface area contributed by atoms with E-state index in [1.165, 1.54) is 14.0 Å². The third kappa shape index (κ3) is 13.2. The predicted octanol–water partition coefficient (Wildman–Crippen LogP) is 2.98. The third-order valence-corrected chi connectivity index (χ3v) is 4.07. The van der Waals surface area contributed by atoms with Crippen LogP contribution in [0.15, 0.2) is 30.3 Å². The molecule has 1 aromatic carbocycles. The molecule has 3 unspecified atom stereocenters. The molecular formula is C21H32BO6. The first-order chi connectivity index (χ1) is 12.7. The number of ether oxygens (including phenoxy) is 3. The van der Waals surface area contributed by atoms with Crippen molar-refractivity contribution in [1.82, 2.24) is 0 Å². The second-order valence-electron chi connectivity index (χ2n) is 6.46. The maximum absolute atomic E-state index is 11.7. The Morgan fingerprint density at radius 3 is 1.89 bits per heavy atom. The third-order valence-electron chi connectivity index (χ3n) is 4.07. The Morgan fingerprint density at radius 1 is 0.929 bits per heavy atom. The first-order valence-electron chi connectivity index (χ1n) is 8.96. The van der Waals surface area contributed by atoms with Crippen molar-refractivity contribution in [3.63, 3.8) is 0 Å². The van der Waals surface area contributed by atoms with Gasteiger partial charge in [-0.25, -0.2) is 0 Å². The van der Waals surface area contributed by atoms with Crippen molar-refractivity contribution in [3.8, 4) is 0 Å². The predicted molar refractivity (Wildman–Crippen MR) is 109 cm³/mol. The fourth-order valence-corrected chi connectivity index (χ4v) is 2.27. The summed E-state index contributed by atoms with van der Waals surface area (Å²) in [5, 5.41) is 0. The van der Waals surface area contributed by atoms with E-state index in [1.54, 1.807) is 21.0 Å². The summed E-state index contributed by atoms with van der Waals surface area (Å²) >= 11 is 0. The monoisotopic (exact) mass is 391 g/mol. The molecule has 3 atom stereocenters. The molecule has 155 valence electrons. The van der Waals surface area contributed by atoms with E-state index in [1.807, 2.05) is 37.3 Å². The summed E-state index contributed by atoms with van der Waals surface area (Å²) in [4.78, 5) is 33.5. The Hall–Kier alpha value is -1.99. The second-order valence-corrected chi connectivity index (χ2v) is 6.46. The molecular weight excluding hydrogens is 359 g/mol. The Morgan fingerprint density at radius 2 is 1.50 bits per heavy atom. The zero-order valence-electron chi connectivity index (χ0n) is 17.8. The normalized spacial score (nSPS) is 13.1. The van der Waals surface area contributed by atoms with Gasteiger partial charge in [0, 0.05) is 29.1 Å².